The molecular formula is C14H20FN. The molecule has 2 rings (SSSR count). The molecule has 0 radical (unpaired) electrons. The molecule has 0 amide bonds. The number of nitrogens with one attached hydrogen (secondary N) is 1. The van der Waals surface area contributed by atoms with Crippen molar-refractivity contribution in [3.8, 4) is 0 Å². The molecule has 2 atom stereocenters. The van der Waals surface area contributed by atoms with Gasteiger partial charge in [-0.25, -0.2) is 4.39 Å². The molecule has 0 spiro atoms. The summed E-state index contributed by atoms with van der Waals surface area (Å²) in [6.07, 6.45) is 3.48. The van der Waals surface area contributed by atoms with Crippen LogP contribution < -0.4 is 5.32 Å². The van der Waals surface area contributed by atoms with Crippen LogP contribution in [-0.4, -0.2) is 13.1 Å². The average Bonchev–Trinajstić information content (AvgIpc) is 3.11. The number of hydrogen-bond donors (Lipinski definition) is 1. The molecular weight excluding hydrogens is 201 g/mol. The van der Waals surface area contributed by atoms with Gasteiger partial charge >= 0.3 is 0 Å². The first-order valence-electron chi connectivity index (χ1n) is 6.13. The Morgan fingerprint density at radius 1 is 1.38 bits per heavy atom. The van der Waals surface area contributed by atoms with Crippen LogP contribution in [-0.2, 0) is 6.42 Å². The summed E-state index contributed by atoms with van der Waals surface area (Å²) < 4.78 is 13.5. The van der Waals surface area contributed by atoms with Crippen LogP contribution in [0.4, 0.5) is 4.39 Å². The van der Waals surface area contributed by atoms with Gasteiger partial charge in [-0.1, -0.05) is 25.1 Å². The van der Waals surface area contributed by atoms with Crippen LogP contribution >= 0.6 is 0 Å². The number of hydrogen-bond acceptors (Lipinski definition) is 1. The van der Waals surface area contributed by atoms with E-state index >= 15 is 0 Å². The first-order valence-corrected chi connectivity index (χ1v) is 6.13. The predicted octanol–water partition coefficient (Wildman–Crippen LogP) is 3.00. The summed E-state index contributed by atoms with van der Waals surface area (Å²) in [6.45, 7) is 2.28. The van der Waals surface area contributed by atoms with Gasteiger partial charge in [0.25, 0.3) is 0 Å². The first kappa shape index (κ1) is 11.6. The van der Waals surface area contributed by atoms with Crippen molar-refractivity contribution >= 4 is 0 Å². The Balaban J connectivity index is 2.03. The molecule has 1 aromatic rings. The minimum atomic E-state index is -0.0780. The Morgan fingerprint density at radius 3 is 2.62 bits per heavy atom. The molecule has 1 N–H and O–H groups in total. The molecule has 1 aliphatic carbocycles. The van der Waals surface area contributed by atoms with E-state index in [0.29, 0.717) is 12.0 Å². The molecule has 1 nitrogen and oxygen atoms in total. The van der Waals surface area contributed by atoms with Gasteiger partial charge in [0.15, 0.2) is 0 Å². The lowest BCUT2D eigenvalue weighted by molar-refractivity contribution is 0.354. The number of halogens is 1. The summed E-state index contributed by atoms with van der Waals surface area (Å²) >= 11 is 0. The highest BCUT2D eigenvalue weighted by atomic mass is 19.1. The Hall–Kier alpha value is -0.890. The van der Waals surface area contributed by atoms with E-state index in [2.05, 4.69) is 12.2 Å². The van der Waals surface area contributed by atoms with Crippen molar-refractivity contribution in [1.82, 2.24) is 5.32 Å². The zero-order valence-electron chi connectivity index (χ0n) is 10.0. The minimum absolute atomic E-state index is 0.0780. The van der Waals surface area contributed by atoms with E-state index in [0.717, 1.165) is 17.9 Å². The molecule has 1 fully saturated rings. The standard InChI is InChI=1S/C14H20FN/c1-10(11-7-8-11)14(16-2)9-12-5-3-4-6-13(12)15/h3-6,10-11,14,16H,7-9H2,1-2H3. The van der Waals surface area contributed by atoms with Crippen molar-refractivity contribution in [3.05, 3.63) is 35.6 Å². The van der Waals surface area contributed by atoms with Gasteiger partial charge in [0.05, 0.1) is 0 Å². The highest BCUT2D eigenvalue weighted by Crippen LogP contribution is 2.38. The van der Waals surface area contributed by atoms with Gasteiger partial charge in [-0.05, 0) is 49.8 Å². The van der Waals surface area contributed by atoms with Gasteiger partial charge < -0.3 is 5.32 Å². The van der Waals surface area contributed by atoms with Gasteiger partial charge in [0.1, 0.15) is 5.82 Å². The Bertz CT molecular complexity index is 346. The van der Waals surface area contributed by atoms with Gasteiger partial charge in [0.2, 0.25) is 0 Å². The predicted molar refractivity (Wildman–Crippen MR) is 64.8 cm³/mol. The van der Waals surface area contributed by atoms with Crippen molar-refractivity contribution in [3.63, 3.8) is 0 Å². The lowest BCUT2D eigenvalue weighted by atomic mass is 9.91. The van der Waals surface area contributed by atoms with Crippen LogP contribution in [0, 0.1) is 17.7 Å². The Labute approximate surface area is 97.1 Å². The summed E-state index contributed by atoms with van der Waals surface area (Å²) in [7, 11) is 1.98. The molecule has 2 heteroatoms. The molecule has 16 heavy (non-hydrogen) atoms. The Kier molecular flexibility index (Phi) is 3.59. The molecule has 0 bridgehead atoms. The summed E-state index contributed by atoms with van der Waals surface area (Å²) in [5, 5.41) is 3.33. The number of rotatable bonds is 5. The molecule has 0 heterocycles. The van der Waals surface area contributed by atoms with E-state index in [9.17, 15) is 4.39 Å². The second-order valence-corrected chi connectivity index (χ2v) is 4.89. The van der Waals surface area contributed by atoms with Crippen LogP contribution in [0.15, 0.2) is 24.3 Å². The molecule has 1 saturated carbocycles. The highest BCUT2D eigenvalue weighted by molar-refractivity contribution is 5.18. The molecule has 0 aliphatic heterocycles. The zero-order valence-corrected chi connectivity index (χ0v) is 10.0. The highest BCUT2D eigenvalue weighted by Gasteiger charge is 2.32. The molecule has 2 unspecified atom stereocenters. The summed E-state index contributed by atoms with van der Waals surface area (Å²) in [6, 6.07) is 7.48. The smallest absolute Gasteiger partial charge is 0.126 e. The fourth-order valence-electron chi connectivity index (χ4n) is 2.40. The molecule has 0 saturated heterocycles. The van der Waals surface area contributed by atoms with Gasteiger partial charge in [0, 0.05) is 6.04 Å². The van der Waals surface area contributed by atoms with E-state index in [1.165, 1.54) is 12.8 Å². The maximum atomic E-state index is 13.5. The third kappa shape index (κ3) is 2.62. The second kappa shape index (κ2) is 4.96. The van der Waals surface area contributed by atoms with E-state index in [1.807, 2.05) is 19.2 Å². The van der Waals surface area contributed by atoms with Gasteiger partial charge in [-0.15, -0.1) is 0 Å². The van der Waals surface area contributed by atoms with E-state index in [-0.39, 0.29) is 5.82 Å². The topological polar surface area (TPSA) is 12.0 Å². The van der Waals surface area contributed by atoms with Crippen molar-refractivity contribution in [2.45, 2.75) is 32.2 Å². The summed E-state index contributed by atoms with van der Waals surface area (Å²) in [5.74, 6) is 1.42. The molecule has 1 aliphatic rings. The third-order valence-corrected chi connectivity index (χ3v) is 3.77. The quantitative estimate of drug-likeness (QED) is 0.806. The minimum Gasteiger partial charge on any atom is -0.316 e. The summed E-state index contributed by atoms with van der Waals surface area (Å²) in [5.41, 5.74) is 0.828. The van der Waals surface area contributed by atoms with Gasteiger partial charge in [-0.2, -0.15) is 0 Å². The maximum absolute atomic E-state index is 13.5. The fourth-order valence-corrected chi connectivity index (χ4v) is 2.40. The van der Waals surface area contributed by atoms with Crippen molar-refractivity contribution in [1.29, 1.82) is 0 Å². The van der Waals surface area contributed by atoms with Gasteiger partial charge in [-0.3, -0.25) is 0 Å². The number of likely N-dealkylation sites (N-methyl/N-ethyl adjacent to an activating group) is 1. The lowest BCUT2D eigenvalue weighted by Crippen LogP contribution is -2.35. The van der Waals surface area contributed by atoms with Crippen LogP contribution in [0.5, 0.6) is 0 Å². The maximum Gasteiger partial charge on any atom is 0.126 e. The number of benzene rings is 1. The SMILES string of the molecule is CNC(Cc1ccccc1F)C(C)C1CC1. The van der Waals surface area contributed by atoms with Crippen LogP contribution in [0.3, 0.4) is 0 Å². The average molecular weight is 221 g/mol. The van der Waals surface area contributed by atoms with Crippen molar-refractivity contribution in [2.24, 2.45) is 11.8 Å². The van der Waals surface area contributed by atoms with Crippen LogP contribution in [0.25, 0.3) is 0 Å². The van der Waals surface area contributed by atoms with Crippen molar-refractivity contribution < 1.29 is 4.39 Å². The summed E-state index contributed by atoms with van der Waals surface area (Å²) in [4.78, 5) is 0. The largest absolute Gasteiger partial charge is 0.316 e. The van der Waals surface area contributed by atoms with E-state index < -0.39 is 0 Å². The van der Waals surface area contributed by atoms with Crippen LogP contribution in [0.1, 0.15) is 25.3 Å². The van der Waals surface area contributed by atoms with E-state index in [4.69, 9.17) is 0 Å². The zero-order chi connectivity index (χ0) is 11.5. The lowest BCUT2D eigenvalue weighted by Gasteiger charge is -2.23. The Morgan fingerprint density at radius 2 is 2.06 bits per heavy atom. The monoisotopic (exact) mass is 221 g/mol. The van der Waals surface area contributed by atoms with E-state index in [1.54, 1.807) is 12.1 Å². The fraction of sp³-hybridized carbons (Fsp3) is 0.571. The molecule has 0 aromatic heterocycles. The second-order valence-electron chi connectivity index (χ2n) is 4.89. The van der Waals surface area contributed by atoms with Crippen LogP contribution in [0.2, 0.25) is 0 Å². The van der Waals surface area contributed by atoms with Crippen molar-refractivity contribution in [2.75, 3.05) is 7.05 Å². The molecule has 88 valence electrons. The third-order valence-electron chi connectivity index (χ3n) is 3.77. The first-order chi connectivity index (χ1) is 7.72. The molecule has 1 aromatic carbocycles. The normalized spacial score (nSPS) is 19.4.